The van der Waals surface area contributed by atoms with Crippen molar-refractivity contribution in [2.45, 2.75) is 33.2 Å². The van der Waals surface area contributed by atoms with Gasteiger partial charge in [-0.1, -0.05) is 0 Å². The highest BCUT2D eigenvalue weighted by molar-refractivity contribution is 5.52. The number of rotatable bonds is 1. The van der Waals surface area contributed by atoms with Crippen LogP contribution in [0.15, 0.2) is 5.10 Å². The highest BCUT2D eigenvalue weighted by atomic mass is 15.5. The van der Waals surface area contributed by atoms with Crippen molar-refractivity contribution in [2.75, 3.05) is 7.05 Å². The Balaban J connectivity index is 3.88. The third-order valence-corrected chi connectivity index (χ3v) is 1.26. The van der Waals surface area contributed by atoms with E-state index >= 15 is 0 Å². The summed E-state index contributed by atoms with van der Waals surface area (Å²) < 4.78 is 0. The van der Waals surface area contributed by atoms with Crippen LogP contribution in [-0.2, 0) is 0 Å². The third kappa shape index (κ3) is 3.12. The smallest absolute Gasteiger partial charge is 0.0491 e. The fraction of sp³-hybridized carbons (Fsp3) is 0.857. The fourth-order valence-electron chi connectivity index (χ4n) is 0.346. The molecule has 0 radical (unpaired) electrons. The van der Waals surface area contributed by atoms with Crippen LogP contribution in [0.25, 0.3) is 0 Å². The quantitative estimate of drug-likeness (QED) is 0.388. The number of hydrogen-bond acceptors (Lipinski definition) is 2. The highest BCUT2D eigenvalue weighted by Gasteiger charge is 2.13. The molecular weight excluding hydrogens is 112 g/mol. The van der Waals surface area contributed by atoms with Gasteiger partial charge in [0, 0.05) is 18.8 Å². The zero-order valence-corrected chi connectivity index (χ0v) is 6.97. The summed E-state index contributed by atoms with van der Waals surface area (Å²) in [6, 6.07) is 0. The van der Waals surface area contributed by atoms with Crippen molar-refractivity contribution in [1.29, 1.82) is 0 Å². The molecule has 0 unspecified atom stereocenters. The first-order valence-electron chi connectivity index (χ1n) is 3.21. The SMILES string of the molecule is CC=NN(C)C(C)(C)C. The molecule has 0 aliphatic carbocycles. The van der Waals surface area contributed by atoms with Gasteiger partial charge in [0.2, 0.25) is 0 Å². The normalized spacial score (nSPS) is 12.6. The van der Waals surface area contributed by atoms with E-state index in [9.17, 15) is 0 Å². The van der Waals surface area contributed by atoms with E-state index in [0.29, 0.717) is 0 Å². The average Bonchev–Trinajstić information content (AvgIpc) is 1.64. The van der Waals surface area contributed by atoms with Crippen molar-refractivity contribution in [2.24, 2.45) is 5.10 Å². The van der Waals surface area contributed by atoms with Crippen LogP contribution in [0.3, 0.4) is 0 Å². The van der Waals surface area contributed by atoms with Crippen LogP contribution in [0.1, 0.15) is 27.7 Å². The van der Waals surface area contributed by atoms with Gasteiger partial charge in [-0.2, -0.15) is 5.10 Å². The molecule has 0 saturated carbocycles. The molecule has 9 heavy (non-hydrogen) atoms. The second-order valence-corrected chi connectivity index (χ2v) is 3.07. The molecule has 0 N–H and O–H groups in total. The maximum absolute atomic E-state index is 4.10. The Morgan fingerprint density at radius 2 is 1.78 bits per heavy atom. The molecule has 0 aliphatic heterocycles. The van der Waals surface area contributed by atoms with E-state index in [0.717, 1.165) is 0 Å². The lowest BCUT2D eigenvalue weighted by Gasteiger charge is -2.28. The first-order chi connectivity index (χ1) is 3.98. The van der Waals surface area contributed by atoms with Crippen molar-refractivity contribution in [3.05, 3.63) is 0 Å². The summed E-state index contributed by atoms with van der Waals surface area (Å²) in [6.45, 7) is 8.29. The second kappa shape index (κ2) is 2.85. The van der Waals surface area contributed by atoms with Crippen molar-refractivity contribution in [3.63, 3.8) is 0 Å². The number of nitrogens with zero attached hydrogens (tertiary/aromatic N) is 2. The molecule has 0 aromatic rings. The molecule has 0 rings (SSSR count). The molecule has 54 valence electrons. The Bertz CT molecular complexity index is 100.0. The Morgan fingerprint density at radius 3 is 1.89 bits per heavy atom. The van der Waals surface area contributed by atoms with E-state index in [1.165, 1.54) is 0 Å². The van der Waals surface area contributed by atoms with Gasteiger partial charge < -0.3 is 0 Å². The maximum atomic E-state index is 4.10. The average molecular weight is 128 g/mol. The van der Waals surface area contributed by atoms with E-state index in [4.69, 9.17) is 0 Å². The Labute approximate surface area is 57.6 Å². The van der Waals surface area contributed by atoms with E-state index in [-0.39, 0.29) is 5.54 Å². The van der Waals surface area contributed by atoms with Crippen LogP contribution in [0.4, 0.5) is 0 Å². The second-order valence-electron chi connectivity index (χ2n) is 3.07. The minimum absolute atomic E-state index is 0.145. The van der Waals surface area contributed by atoms with Crippen molar-refractivity contribution >= 4 is 6.21 Å². The highest BCUT2D eigenvalue weighted by Crippen LogP contribution is 2.09. The number of hydrogen-bond donors (Lipinski definition) is 0. The molecular formula is C7H16N2. The van der Waals surface area contributed by atoms with E-state index < -0.39 is 0 Å². The first kappa shape index (κ1) is 8.47. The molecule has 0 bridgehead atoms. The van der Waals surface area contributed by atoms with Gasteiger partial charge >= 0.3 is 0 Å². The Morgan fingerprint density at radius 1 is 1.33 bits per heavy atom. The van der Waals surface area contributed by atoms with Crippen molar-refractivity contribution in [3.8, 4) is 0 Å². The molecule has 0 aromatic heterocycles. The van der Waals surface area contributed by atoms with Crippen LogP contribution in [0.5, 0.6) is 0 Å². The summed E-state index contributed by atoms with van der Waals surface area (Å²) in [5.41, 5.74) is 0.145. The van der Waals surface area contributed by atoms with Crippen molar-refractivity contribution < 1.29 is 0 Å². The Hall–Kier alpha value is -0.530. The Kier molecular flexibility index (Phi) is 2.68. The zero-order valence-electron chi connectivity index (χ0n) is 6.97. The number of hydrazone groups is 1. The molecule has 0 heterocycles. The van der Waals surface area contributed by atoms with Crippen LogP contribution >= 0.6 is 0 Å². The molecule has 0 saturated heterocycles. The monoisotopic (exact) mass is 128 g/mol. The molecule has 2 heteroatoms. The molecule has 0 atom stereocenters. The van der Waals surface area contributed by atoms with Crippen LogP contribution < -0.4 is 0 Å². The standard InChI is InChI=1S/C7H16N2/c1-6-8-9(5)7(2,3)4/h6H,1-5H3. The largest absolute Gasteiger partial charge is 0.295 e. The predicted octanol–water partition coefficient (Wildman–Crippen LogP) is 1.72. The molecule has 0 spiro atoms. The molecule has 0 amide bonds. The minimum atomic E-state index is 0.145. The first-order valence-corrected chi connectivity index (χ1v) is 3.21. The summed E-state index contributed by atoms with van der Waals surface area (Å²) in [5, 5.41) is 6.04. The summed E-state index contributed by atoms with van der Waals surface area (Å²) in [7, 11) is 1.97. The summed E-state index contributed by atoms with van der Waals surface area (Å²) in [5.74, 6) is 0. The third-order valence-electron chi connectivity index (χ3n) is 1.26. The van der Waals surface area contributed by atoms with Gasteiger partial charge in [0.25, 0.3) is 0 Å². The fourth-order valence-corrected chi connectivity index (χ4v) is 0.346. The van der Waals surface area contributed by atoms with E-state index in [1.54, 1.807) is 6.21 Å². The minimum Gasteiger partial charge on any atom is -0.295 e. The molecule has 2 nitrogen and oxygen atoms in total. The molecule has 0 aliphatic rings. The van der Waals surface area contributed by atoms with Crippen LogP contribution in [-0.4, -0.2) is 23.8 Å². The lowest BCUT2D eigenvalue weighted by molar-refractivity contribution is 0.185. The van der Waals surface area contributed by atoms with Gasteiger partial charge in [-0.25, -0.2) is 0 Å². The van der Waals surface area contributed by atoms with Crippen molar-refractivity contribution in [1.82, 2.24) is 5.01 Å². The summed E-state index contributed by atoms with van der Waals surface area (Å²) >= 11 is 0. The van der Waals surface area contributed by atoms with Gasteiger partial charge in [-0.3, -0.25) is 5.01 Å². The van der Waals surface area contributed by atoms with E-state index in [2.05, 4.69) is 25.9 Å². The zero-order chi connectivity index (χ0) is 7.49. The van der Waals surface area contributed by atoms with Gasteiger partial charge in [-0.05, 0) is 27.7 Å². The molecule has 0 fully saturated rings. The summed E-state index contributed by atoms with van der Waals surface area (Å²) in [4.78, 5) is 0. The van der Waals surface area contributed by atoms with Gasteiger partial charge in [0.05, 0.1) is 0 Å². The van der Waals surface area contributed by atoms with E-state index in [1.807, 2.05) is 19.0 Å². The van der Waals surface area contributed by atoms with Gasteiger partial charge in [-0.15, -0.1) is 0 Å². The lowest BCUT2D eigenvalue weighted by atomic mass is 10.1. The van der Waals surface area contributed by atoms with Gasteiger partial charge in [0.15, 0.2) is 0 Å². The van der Waals surface area contributed by atoms with Crippen LogP contribution in [0, 0.1) is 0 Å². The predicted molar refractivity (Wildman–Crippen MR) is 41.7 cm³/mol. The topological polar surface area (TPSA) is 15.6 Å². The maximum Gasteiger partial charge on any atom is 0.0491 e. The van der Waals surface area contributed by atoms with Gasteiger partial charge in [0.1, 0.15) is 0 Å². The van der Waals surface area contributed by atoms with Crippen LogP contribution in [0.2, 0.25) is 0 Å². The summed E-state index contributed by atoms with van der Waals surface area (Å²) in [6.07, 6.45) is 1.80. The molecule has 0 aromatic carbocycles. The lowest BCUT2D eigenvalue weighted by Crippen LogP contribution is -2.33.